The van der Waals surface area contributed by atoms with E-state index in [1.165, 1.54) is 83.3 Å². The molecule has 0 aliphatic heterocycles. The predicted octanol–water partition coefficient (Wildman–Crippen LogP) is 8.57. The van der Waals surface area contributed by atoms with Crippen molar-refractivity contribution in [1.82, 2.24) is 0 Å². The molecule has 0 N–H and O–H groups in total. The van der Waals surface area contributed by atoms with Gasteiger partial charge in [-0.3, -0.25) is 0 Å². The van der Waals surface area contributed by atoms with E-state index in [1.807, 2.05) is 6.07 Å². The van der Waals surface area contributed by atoms with Gasteiger partial charge in [-0.05, 0) is 52.5 Å². The van der Waals surface area contributed by atoms with Gasteiger partial charge < -0.3 is 0 Å². The highest BCUT2D eigenvalue weighted by atomic mass is 79.9. The van der Waals surface area contributed by atoms with Crippen molar-refractivity contribution in [2.75, 3.05) is 0 Å². The first-order valence-electron chi connectivity index (χ1n) is 9.53. The summed E-state index contributed by atoms with van der Waals surface area (Å²) in [5.74, 6) is 0. The molecule has 0 aliphatic rings. The minimum absolute atomic E-state index is 0.788. The topological polar surface area (TPSA) is 23.8 Å². The van der Waals surface area contributed by atoms with Gasteiger partial charge in [0, 0.05) is 9.75 Å². The minimum Gasteiger partial charge on any atom is -0.192 e. The minimum atomic E-state index is 0.788. The Bertz CT molecular complexity index is 666. The maximum atomic E-state index is 8.97. The van der Waals surface area contributed by atoms with Crippen molar-refractivity contribution in [2.24, 2.45) is 0 Å². The molecule has 0 atom stereocenters. The molecule has 2 aromatic heterocycles. The van der Waals surface area contributed by atoms with Crippen LogP contribution < -0.4 is 0 Å². The van der Waals surface area contributed by atoms with Crippen LogP contribution in [-0.4, -0.2) is 0 Å². The summed E-state index contributed by atoms with van der Waals surface area (Å²) in [6.45, 7) is 2.28. The summed E-state index contributed by atoms with van der Waals surface area (Å²) >= 11 is 7.09. The second-order valence-electron chi connectivity index (χ2n) is 6.62. The number of aryl methyl sites for hydroxylation is 1. The molecule has 0 saturated heterocycles. The first kappa shape index (κ1) is 20.7. The van der Waals surface area contributed by atoms with Crippen LogP contribution >= 0.6 is 38.6 Å². The van der Waals surface area contributed by atoms with Crippen LogP contribution in [0.4, 0.5) is 0 Å². The SMILES string of the molecule is CCCCCCCCCCCCc1cc(-c2ccc(C#N)s2)sc1Br. The molecular weight excluding hydrogens is 410 g/mol. The second kappa shape index (κ2) is 11.9. The molecule has 0 spiro atoms. The third-order valence-corrected chi connectivity index (χ3v) is 7.66. The number of hydrogen-bond acceptors (Lipinski definition) is 3. The predicted molar refractivity (Wildman–Crippen MR) is 116 cm³/mol. The van der Waals surface area contributed by atoms with Crippen molar-refractivity contribution < 1.29 is 0 Å². The Balaban J connectivity index is 1.64. The van der Waals surface area contributed by atoms with Crippen molar-refractivity contribution >= 4 is 38.6 Å². The number of thiophene rings is 2. The highest BCUT2D eigenvalue weighted by molar-refractivity contribution is 9.11. The normalized spacial score (nSPS) is 10.9. The van der Waals surface area contributed by atoms with Crippen molar-refractivity contribution in [3.05, 3.63) is 32.4 Å². The first-order chi connectivity index (χ1) is 12.2. The molecule has 0 aromatic carbocycles. The van der Waals surface area contributed by atoms with E-state index in [-0.39, 0.29) is 0 Å². The summed E-state index contributed by atoms with van der Waals surface area (Å²) in [5.41, 5.74) is 1.42. The van der Waals surface area contributed by atoms with Crippen molar-refractivity contribution in [3.8, 4) is 15.8 Å². The largest absolute Gasteiger partial charge is 0.192 e. The van der Waals surface area contributed by atoms with Gasteiger partial charge in [0.1, 0.15) is 10.9 Å². The van der Waals surface area contributed by atoms with Gasteiger partial charge in [0.25, 0.3) is 0 Å². The van der Waals surface area contributed by atoms with Gasteiger partial charge in [-0.15, -0.1) is 22.7 Å². The molecule has 136 valence electrons. The first-order valence-corrected chi connectivity index (χ1v) is 12.0. The summed E-state index contributed by atoms with van der Waals surface area (Å²) in [6, 6.07) is 8.50. The van der Waals surface area contributed by atoms with Crippen LogP contribution in [-0.2, 0) is 6.42 Å². The zero-order chi connectivity index (χ0) is 17.9. The molecule has 0 bridgehead atoms. The van der Waals surface area contributed by atoms with E-state index in [2.05, 4.69) is 41.1 Å². The number of nitriles is 1. The fraction of sp³-hybridized carbons (Fsp3) is 0.571. The third kappa shape index (κ3) is 7.25. The molecule has 0 fully saturated rings. The molecule has 0 unspecified atom stereocenters. The average molecular weight is 439 g/mol. The van der Waals surface area contributed by atoms with Crippen molar-refractivity contribution in [1.29, 1.82) is 5.26 Å². The summed E-state index contributed by atoms with van der Waals surface area (Å²) in [4.78, 5) is 3.27. The fourth-order valence-electron chi connectivity index (χ4n) is 3.03. The Morgan fingerprint density at radius 2 is 1.52 bits per heavy atom. The fourth-order valence-corrected chi connectivity index (χ4v) is 5.69. The van der Waals surface area contributed by atoms with Crippen molar-refractivity contribution in [2.45, 2.75) is 77.6 Å². The Morgan fingerprint density at radius 3 is 2.12 bits per heavy atom. The maximum absolute atomic E-state index is 8.97. The van der Waals surface area contributed by atoms with Gasteiger partial charge in [-0.1, -0.05) is 64.7 Å². The maximum Gasteiger partial charge on any atom is 0.110 e. The third-order valence-electron chi connectivity index (χ3n) is 4.52. The number of halogens is 1. The molecule has 0 saturated carbocycles. The van der Waals surface area contributed by atoms with Crippen LogP contribution in [0.1, 0.15) is 81.6 Å². The Hall–Kier alpha value is -0.630. The molecule has 4 heteroatoms. The quantitative estimate of drug-likeness (QED) is 0.304. The lowest BCUT2D eigenvalue weighted by Gasteiger charge is -2.02. The molecule has 2 rings (SSSR count). The number of unbranched alkanes of at least 4 members (excludes halogenated alkanes) is 9. The zero-order valence-corrected chi connectivity index (χ0v) is 18.4. The lowest BCUT2D eigenvalue weighted by atomic mass is 10.0. The molecule has 2 aromatic rings. The average Bonchev–Trinajstić information content (AvgIpc) is 3.23. The van der Waals surface area contributed by atoms with E-state index in [0.29, 0.717) is 0 Å². The van der Waals surface area contributed by atoms with Crippen LogP contribution in [0, 0.1) is 11.3 Å². The Labute approximate surface area is 169 Å². The Morgan fingerprint density at radius 1 is 0.880 bits per heavy atom. The summed E-state index contributed by atoms with van der Waals surface area (Å²) in [7, 11) is 0. The van der Waals surface area contributed by atoms with E-state index in [9.17, 15) is 0 Å². The zero-order valence-electron chi connectivity index (χ0n) is 15.2. The van der Waals surface area contributed by atoms with E-state index in [1.54, 1.807) is 22.7 Å². The van der Waals surface area contributed by atoms with Gasteiger partial charge in [0.2, 0.25) is 0 Å². The molecule has 1 nitrogen and oxygen atoms in total. The number of hydrogen-bond donors (Lipinski definition) is 0. The molecule has 2 heterocycles. The van der Waals surface area contributed by atoms with Crippen molar-refractivity contribution in [3.63, 3.8) is 0 Å². The van der Waals surface area contributed by atoms with E-state index in [0.717, 1.165) is 11.3 Å². The summed E-state index contributed by atoms with van der Waals surface area (Å²) < 4.78 is 1.25. The number of rotatable bonds is 12. The van der Waals surface area contributed by atoms with Gasteiger partial charge in [-0.2, -0.15) is 5.26 Å². The smallest absolute Gasteiger partial charge is 0.110 e. The van der Waals surface area contributed by atoms with E-state index >= 15 is 0 Å². The molecule has 25 heavy (non-hydrogen) atoms. The molecule has 0 amide bonds. The lowest BCUT2D eigenvalue weighted by molar-refractivity contribution is 0.556. The summed E-state index contributed by atoms with van der Waals surface area (Å²) in [5, 5.41) is 8.97. The van der Waals surface area contributed by atoms with E-state index < -0.39 is 0 Å². The van der Waals surface area contributed by atoms with Crippen LogP contribution in [0.3, 0.4) is 0 Å². The monoisotopic (exact) mass is 437 g/mol. The highest BCUT2D eigenvalue weighted by Crippen LogP contribution is 2.38. The summed E-state index contributed by atoms with van der Waals surface area (Å²) in [6.07, 6.45) is 15.0. The van der Waals surface area contributed by atoms with Gasteiger partial charge in [0.05, 0.1) is 3.79 Å². The van der Waals surface area contributed by atoms with Gasteiger partial charge in [-0.25, -0.2) is 0 Å². The van der Waals surface area contributed by atoms with Crippen LogP contribution in [0.15, 0.2) is 22.0 Å². The lowest BCUT2D eigenvalue weighted by Crippen LogP contribution is -1.85. The highest BCUT2D eigenvalue weighted by Gasteiger charge is 2.10. The number of nitrogens with zero attached hydrogens (tertiary/aromatic N) is 1. The molecule has 0 radical (unpaired) electrons. The van der Waals surface area contributed by atoms with Crippen LogP contribution in [0.25, 0.3) is 9.75 Å². The van der Waals surface area contributed by atoms with Gasteiger partial charge in [0.15, 0.2) is 0 Å². The van der Waals surface area contributed by atoms with Crippen LogP contribution in [0.2, 0.25) is 0 Å². The molecular formula is C21H28BrNS2. The standard InChI is InChI=1S/C21H28BrNS2/c1-2-3-4-5-6-7-8-9-10-11-12-17-15-20(25-21(17)22)19-14-13-18(16-23)24-19/h13-15H,2-12H2,1H3. The van der Waals surface area contributed by atoms with Crippen LogP contribution in [0.5, 0.6) is 0 Å². The van der Waals surface area contributed by atoms with E-state index in [4.69, 9.17) is 5.26 Å². The van der Waals surface area contributed by atoms with Gasteiger partial charge >= 0.3 is 0 Å². The second-order valence-corrected chi connectivity index (χ2v) is 10.1. The molecule has 0 aliphatic carbocycles. The Kier molecular flexibility index (Phi) is 9.83.